The SMILES string of the molecule is Cn1ccc2ccnc(N(C(=O)N3CCN(c4nccc(C#N)n4)CC3)[C@@H]3CCCNC3)c21. The Bertz CT molecular complexity index is 1190. The van der Waals surface area contributed by atoms with E-state index in [2.05, 4.69) is 32.4 Å². The maximum atomic E-state index is 13.9. The molecule has 170 valence electrons. The highest BCUT2D eigenvalue weighted by Gasteiger charge is 2.34. The summed E-state index contributed by atoms with van der Waals surface area (Å²) in [6.45, 7) is 4.06. The predicted molar refractivity (Wildman–Crippen MR) is 125 cm³/mol. The summed E-state index contributed by atoms with van der Waals surface area (Å²) < 4.78 is 2.03. The summed E-state index contributed by atoms with van der Waals surface area (Å²) in [5, 5.41) is 13.6. The lowest BCUT2D eigenvalue weighted by Crippen LogP contribution is -2.58. The van der Waals surface area contributed by atoms with Crippen LogP contribution in [-0.2, 0) is 7.05 Å². The zero-order chi connectivity index (χ0) is 22.8. The highest BCUT2D eigenvalue weighted by Crippen LogP contribution is 2.29. The first-order chi connectivity index (χ1) is 16.2. The summed E-state index contributed by atoms with van der Waals surface area (Å²) in [7, 11) is 1.99. The molecule has 0 aliphatic carbocycles. The number of rotatable bonds is 3. The average Bonchev–Trinajstić information content (AvgIpc) is 3.26. The van der Waals surface area contributed by atoms with Gasteiger partial charge >= 0.3 is 6.03 Å². The van der Waals surface area contributed by atoms with Crippen LogP contribution in [0.4, 0.5) is 16.6 Å². The Hall–Kier alpha value is -3.71. The van der Waals surface area contributed by atoms with Crippen LogP contribution in [0.1, 0.15) is 18.5 Å². The van der Waals surface area contributed by atoms with Crippen LogP contribution in [0.3, 0.4) is 0 Å². The Kier molecular flexibility index (Phi) is 5.79. The second-order valence-electron chi connectivity index (χ2n) is 8.48. The molecule has 0 radical (unpaired) electrons. The maximum absolute atomic E-state index is 13.9. The van der Waals surface area contributed by atoms with Crippen molar-refractivity contribution < 1.29 is 4.79 Å². The second kappa shape index (κ2) is 9.03. The highest BCUT2D eigenvalue weighted by atomic mass is 16.2. The van der Waals surface area contributed by atoms with Crippen molar-refractivity contribution in [3.63, 3.8) is 0 Å². The summed E-state index contributed by atoms with van der Waals surface area (Å²) >= 11 is 0. The fourth-order valence-electron chi connectivity index (χ4n) is 4.68. The van der Waals surface area contributed by atoms with Gasteiger partial charge in [0.2, 0.25) is 5.95 Å². The number of nitrogens with one attached hydrogen (secondary N) is 1. The van der Waals surface area contributed by atoms with Crippen LogP contribution in [0.2, 0.25) is 0 Å². The van der Waals surface area contributed by atoms with E-state index < -0.39 is 0 Å². The third-order valence-corrected chi connectivity index (χ3v) is 6.43. The number of urea groups is 1. The smallest absolute Gasteiger partial charge is 0.326 e. The fraction of sp³-hybridized carbons (Fsp3) is 0.435. The van der Waals surface area contributed by atoms with Crippen LogP contribution in [0, 0.1) is 11.3 Å². The van der Waals surface area contributed by atoms with Gasteiger partial charge in [-0.25, -0.2) is 19.7 Å². The van der Waals surface area contributed by atoms with Crippen LogP contribution < -0.4 is 15.1 Å². The van der Waals surface area contributed by atoms with Crippen LogP contribution >= 0.6 is 0 Å². The maximum Gasteiger partial charge on any atom is 0.326 e. The highest BCUT2D eigenvalue weighted by molar-refractivity contribution is 6.00. The van der Waals surface area contributed by atoms with Crippen molar-refractivity contribution in [3.8, 4) is 6.07 Å². The minimum Gasteiger partial charge on any atom is -0.348 e. The molecular formula is C23H27N9O. The number of aryl methyl sites for hydroxylation is 1. The summed E-state index contributed by atoms with van der Waals surface area (Å²) in [5.41, 5.74) is 1.31. The molecule has 3 aromatic heterocycles. The van der Waals surface area contributed by atoms with Gasteiger partial charge in [0.1, 0.15) is 11.8 Å². The molecule has 0 bridgehead atoms. The van der Waals surface area contributed by atoms with Crippen molar-refractivity contribution in [3.05, 3.63) is 42.5 Å². The first-order valence-electron chi connectivity index (χ1n) is 11.3. The normalized spacial score (nSPS) is 18.8. The predicted octanol–water partition coefficient (Wildman–Crippen LogP) is 1.74. The van der Waals surface area contributed by atoms with E-state index in [1.165, 1.54) is 0 Å². The Morgan fingerprint density at radius 2 is 2.00 bits per heavy atom. The number of hydrogen-bond donors (Lipinski definition) is 1. The van der Waals surface area contributed by atoms with Gasteiger partial charge in [-0.3, -0.25) is 4.90 Å². The molecule has 10 heteroatoms. The van der Waals surface area contributed by atoms with Crippen molar-refractivity contribution >= 4 is 28.7 Å². The summed E-state index contributed by atoms with van der Waals surface area (Å²) in [6.07, 6.45) is 7.35. The third-order valence-electron chi connectivity index (χ3n) is 6.43. The van der Waals surface area contributed by atoms with Gasteiger partial charge in [0.05, 0.1) is 11.6 Å². The molecular weight excluding hydrogens is 418 g/mol. The molecule has 1 N–H and O–H groups in total. The van der Waals surface area contributed by atoms with Gasteiger partial charge in [-0.05, 0) is 37.6 Å². The molecule has 0 aromatic carbocycles. The minimum atomic E-state index is -0.0174. The number of amides is 2. The number of nitriles is 1. The van der Waals surface area contributed by atoms with Crippen molar-refractivity contribution in [1.29, 1.82) is 5.26 Å². The van der Waals surface area contributed by atoms with E-state index in [1.54, 1.807) is 18.5 Å². The number of piperazine rings is 1. The molecule has 5 rings (SSSR count). The Morgan fingerprint density at radius 1 is 1.18 bits per heavy atom. The van der Waals surface area contributed by atoms with E-state index in [0.29, 0.717) is 43.6 Å². The number of hydrogen-bond acceptors (Lipinski definition) is 7. The molecule has 0 spiro atoms. The first-order valence-corrected chi connectivity index (χ1v) is 11.3. The molecule has 2 aliphatic heterocycles. The molecule has 1 atom stereocenters. The van der Waals surface area contributed by atoms with Gasteiger partial charge in [0.15, 0.2) is 5.82 Å². The quantitative estimate of drug-likeness (QED) is 0.654. The lowest BCUT2D eigenvalue weighted by atomic mass is 10.1. The van der Waals surface area contributed by atoms with Crippen LogP contribution in [0.5, 0.6) is 0 Å². The van der Waals surface area contributed by atoms with Crippen molar-refractivity contribution in [2.45, 2.75) is 18.9 Å². The number of piperidine rings is 1. The largest absolute Gasteiger partial charge is 0.348 e. The van der Waals surface area contributed by atoms with E-state index in [1.807, 2.05) is 38.6 Å². The second-order valence-corrected chi connectivity index (χ2v) is 8.48. The van der Waals surface area contributed by atoms with E-state index in [-0.39, 0.29) is 12.1 Å². The molecule has 3 aromatic rings. The molecule has 0 saturated carbocycles. The van der Waals surface area contributed by atoms with Crippen molar-refractivity contribution in [2.24, 2.45) is 7.05 Å². The standard InChI is InChI=1S/C23H27N9O/c1-29-10-6-17-4-8-26-21(20(17)29)32(19-3-2-7-25-16-19)23(33)31-13-11-30(12-14-31)22-27-9-5-18(15-24)28-22/h4-6,8-10,19,25H,2-3,7,11-14,16H2,1H3/t19-/m1/s1. The lowest BCUT2D eigenvalue weighted by Gasteiger charge is -2.40. The monoisotopic (exact) mass is 445 g/mol. The Balaban J connectivity index is 1.40. The lowest BCUT2D eigenvalue weighted by molar-refractivity contribution is 0.196. The van der Waals surface area contributed by atoms with E-state index in [0.717, 1.165) is 36.8 Å². The number of pyridine rings is 1. The van der Waals surface area contributed by atoms with Gasteiger partial charge in [-0.15, -0.1) is 0 Å². The molecule has 2 aliphatic rings. The number of carbonyl (C=O) groups is 1. The van der Waals surface area contributed by atoms with E-state index >= 15 is 0 Å². The van der Waals surface area contributed by atoms with Gasteiger partial charge in [0, 0.05) is 63.7 Å². The summed E-state index contributed by atoms with van der Waals surface area (Å²) in [5.74, 6) is 1.25. The summed E-state index contributed by atoms with van der Waals surface area (Å²) in [4.78, 5) is 33.0. The number of carbonyl (C=O) groups excluding carboxylic acids is 1. The zero-order valence-electron chi connectivity index (χ0n) is 18.7. The number of aromatic nitrogens is 4. The molecule has 5 heterocycles. The van der Waals surface area contributed by atoms with Crippen molar-refractivity contribution in [2.75, 3.05) is 49.1 Å². The molecule has 33 heavy (non-hydrogen) atoms. The van der Waals surface area contributed by atoms with Crippen molar-refractivity contribution in [1.82, 2.24) is 29.7 Å². The molecule has 10 nitrogen and oxygen atoms in total. The zero-order valence-corrected chi connectivity index (χ0v) is 18.7. The average molecular weight is 446 g/mol. The van der Waals surface area contributed by atoms with Crippen LogP contribution in [-0.4, -0.2) is 75.8 Å². The van der Waals surface area contributed by atoms with Gasteiger partial charge in [-0.2, -0.15) is 5.26 Å². The first kappa shape index (κ1) is 21.2. The van der Waals surface area contributed by atoms with E-state index in [4.69, 9.17) is 5.26 Å². The minimum absolute atomic E-state index is 0.0174. The Labute approximate surface area is 192 Å². The topological polar surface area (TPSA) is 106 Å². The molecule has 0 unspecified atom stereocenters. The van der Waals surface area contributed by atoms with E-state index in [9.17, 15) is 4.79 Å². The number of anilines is 2. The van der Waals surface area contributed by atoms with Crippen LogP contribution in [0.25, 0.3) is 10.9 Å². The molecule has 2 amide bonds. The fourth-order valence-corrected chi connectivity index (χ4v) is 4.68. The molecule has 2 fully saturated rings. The summed E-state index contributed by atoms with van der Waals surface area (Å²) in [6, 6.07) is 7.71. The molecule has 2 saturated heterocycles. The number of nitrogens with zero attached hydrogens (tertiary/aromatic N) is 8. The third kappa shape index (κ3) is 4.07. The Morgan fingerprint density at radius 3 is 2.76 bits per heavy atom. The van der Waals surface area contributed by atoms with Crippen LogP contribution in [0.15, 0.2) is 36.8 Å². The number of fused-ring (bicyclic) bond motifs is 1. The van der Waals surface area contributed by atoms with Gasteiger partial charge in [-0.1, -0.05) is 0 Å². The van der Waals surface area contributed by atoms with Gasteiger partial charge in [0.25, 0.3) is 0 Å². The van der Waals surface area contributed by atoms with Gasteiger partial charge < -0.3 is 19.7 Å².